The van der Waals surface area contributed by atoms with Gasteiger partial charge in [-0.15, -0.1) is 0 Å². The van der Waals surface area contributed by atoms with Gasteiger partial charge in [-0.25, -0.2) is 0 Å². The van der Waals surface area contributed by atoms with E-state index < -0.39 is 0 Å². The maximum atomic E-state index is 9.50. The van der Waals surface area contributed by atoms with Gasteiger partial charge in [0.05, 0.1) is 7.18 Å². The summed E-state index contributed by atoms with van der Waals surface area (Å²) in [4.78, 5) is 0. The molecule has 7 heavy (non-hydrogen) atoms. The standard InChI is InChI=1S/C5H12.CH3F/c1-3-5-4-2;1-2/h3-5H2,1-2H3;1H3. The van der Waals surface area contributed by atoms with Crippen LogP contribution < -0.4 is 0 Å². The highest BCUT2D eigenvalue weighted by Gasteiger charge is 1.68. The Hall–Kier alpha value is -0.0700. The molecular formula is C6H15F. The summed E-state index contributed by atoms with van der Waals surface area (Å²) >= 11 is 0. The number of hydrogen-bond acceptors (Lipinski definition) is 0. The van der Waals surface area contributed by atoms with Crippen molar-refractivity contribution >= 4 is 0 Å². The molecule has 0 spiro atoms. The first-order valence-corrected chi connectivity index (χ1v) is 2.79. The van der Waals surface area contributed by atoms with Gasteiger partial charge in [-0.3, -0.25) is 4.39 Å². The zero-order valence-electron chi connectivity index (χ0n) is 5.50. The maximum absolute atomic E-state index is 9.50. The molecule has 0 aliphatic rings. The molecule has 0 aromatic carbocycles. The van der Waals surface area contributed by atoms with E-state index in [-0.39, 0.29) is 0 Å². The van der Waals surface area contributed by atoms with Crippen LogP contribution >= 0.6 is 0 Å². The summed E-state index contributed by atoms with van der Waals surface area (Å²) in [6.07, 6.45) is 4.08. The van der Waals surface area contributed by atoms with Crippen LogP contribution in [0.5, 0.6) is 0 Å². The third kappa shape index (κ3) is 24.6. The molecule has 0 unspecified atom stereocenters. The molecule has 46 valence electrons. The lowest BCUT2D eigenvalue weighted by molar-refractivity contribution is 0.636. The highest BCUT2D eigenvalue weighted by atomic mass is 19.1. The van der Waals surface area contributed by atoms with Gasteiger partial charge in [0.25, 0.3) is 0 Å². The first-order valence-electron chi connectivity index (χ1n) is 2.79. The zero-order chi connectivity index (χ0) is 6.12. The molecule has 0 heterocycles. The molecule has 0 radical (unpaired) electrons. The summed E-state index contributed by atoms with van der Waals surface area (Å²) in [6.45, 7) is 4.42. The summed E-state index contributed by atoms with van der Waals surface area (Å²) in [5.41, 5.74) is 0. The monoisotopic (exact) mass is 106 g/mol. The van der Waals surface area contributed by atoms with E-state index in [9.17, 15) is 4.39 Å². The van der Waals surface area contributed by atoms with E-state index in [2.05, 4.69) is 13.8 Å². The van der Waals surface area contributed by atoms with Gasteiger partial charge in [0, 0.05) is 0 Å². The lowest BCUT2D eigenvalue weighted by atomic mass is 10.3. The fraction of sp³-hybridized carbons (Fsp3) is 1.00. The Balaban J connectivity index is 0. The van der Waals surface area contributed by atoms with Crippen molar-refractivity contribution in [1.29, 1.82) is 0 Å². The molecule has 0 aliphatic carbocycles. The summed E-state index contributed by atoms with van der Waals surface area (Å²) in [7, 11) is 0.500. The van der Waals surface area contributed by atoms with E-state index in [1.54, 1.807) is 0 Å². The second-order valence-electron chi connectivity index (χ2n) is 1.35. The van der Waals surface area contributed by atoms with E-state index >= 15 is 0 Å². The van der Waals surface area contributed by atoms with E-state index in [4.69, 9.17) is 0 Å². The van der Waals surface area contributed by atoms with Gasteiger partial charge in [-0.2, -0.15) is 0 Å². The molecule has 0 saturated carbocycles. The third-order valence-electron chi connectivity index (χ3n) is 0.707. The molecule has 0 aromatic rings. The summed E-state index contributed by atoms with van der Waals surface area (Å²) in [5, 5.41) is 0. The van der Waals surface area contributed by atoms with Gasteiger partial charge in [0.2, 0.25) is 0 Å². The molecule has 0 rings (SSSR count). The van der Waals surface area contributed by atoms with Gasteiger partial charge in [0.1, 0.15) is 0 Å². The first-order chi connectivity index (χ1) is 3.41. The number of unbranched alkanes of at least 4 members (excludes halogenated alkanes) is 2. The van der Waals surface area contributed by atoms with Crippen LogP contribution in [0, 0.1) is 0 Å². The van der Waals surface area contributed by atoms with Crippen LogP contribution in [-0.4, -0.2) is 7.18 Å². The van der Waals surface area contributed by atoms with Gasteiger partial charge >= 0.3 is 0 Å². The normalized spacial score (nSPS) is 6.86. The molecule has 1 heteroatoms. The van der Waals surface area contributed by atoms with Crippen LogP contribution in [0.3, 0.4) is 0 Å². The molecule has 0 aromatic heterocycles. The minimum Gasteiger partial charge on any atom is -0.255 e. The Morgan fingerprint density at radius 3 is 1.29 bits per heavy atom. The van der Waals surface area contributed by atoms with Crippen molar-refractivity contribution < 1.29 is 4.39 Å². The smallest absolute Gasteiger partial charge is 0.0785 e. The van der Waals surface area contributed by atoms with Crippen LogP contribution in [0.25, 0.3) is 0 Å². The van der Waals surface area contributed by atoms with Crippen molar-refractivity contribution in [1.82, 2.24) is 0 Å². The molecule has 0 aliphatic heterocycles. The number of halogens is 1. The summed E-state index contributed by atoms with van der Waals surface area (Å²) in [6, 6.07) is 0. The summed E-state index contributed by atoms with van der Waals surface area (Å²) in [5.74, 6) is 0. The van der Waals surface area contributed by atoms with Crippen molar-refractivity contribution in [3.8, 4) is 0 Å². The Kier molecular flexibility index (Phi) is 24.0. The largest absolute Gasteiger partial charge is 0.255 e. The zero-order valence-corrected chi connectivity index (χ0v) is 5.50. The van der Waals surface area contributed by atoms with E-state index in [1.165, 1.54) is 19.3 Å². The van der Waals surface area contributed by atoms with Crippen molar-refractivity contribution in [2.45, 2.75) is 33.1 Å². The Labute approximate surface area is 45.7 Å². The second-order valence-corrected chi connectivity index (χ2v) is 1.35. The molecule has 0 N–H and O–H groups in total. The fourth-order valence-corrected chi connectivity index (χ4v) is 0.354. The number of rotatable bonds is 2. The summed E-state index contributed by atoms with van der Waals surface area (Å²) < 4.78 is 9.50. The number of alkyl halides is 1. The van der Waals surface area contributed by atoms with Crippen LogP contribution in [-0.2, 0) is 0 Å². The minimum absolute atomic E-state index is 0.500. The van der Waals surface area contributed by atoms with Crippen molar-refractivity contribution in [3.05, 3.63) is 0 Å². The van der Waals surface area contributed by atoms with Crippen LogP contribution in [0.4, 0.5) is 4.39 Å². The Bertz CT molecular complexity index is 11.7. The molecule has 0 atom stereocenters. The quantitative estimate of drug-likeness (QED) is 0.507. The molecule has 0 amide bonds. The Morgan fingerprint density at radius 1 is 1.00 bits per heavy atom. The van der Waals surface area contributed by atoms with E-state index in [1.807, 2.05) is 0 Å². The highest BCUT2D eigenvalue weighted by molar-refractivity contribution is 4.24. The third-order valence-corrected chi connectivity index (χ3v) is 0.707. The topological polar surface area (TPSA) is 0 Å². The predicted octanol–water partition coefficient (Wildman–Crippen LogP) is 2.78. The second kappa shape index (κ2) is 16.8. The van der Waals surface area contributed by atoms with Gasteiger partial charge < -0.3 is 0 Å². The van der Waals surface area contributed by atoms with Gasteiger partial charge in [0.15, 0.2) is 0 Å². The molecular weight excluding hydrogens is 91.1 g/mol. The highest BCUT2D eigenvalue weighted by Crippen LogP contribution is 1.88. The molecule has 0 saturated heterocycles. The van der Waals surface area contributed by atoms with Crippen LogP contribution in [0.2, 0.25) is 0 Å². The lowest BCUT2D eigenvalue weighted by Gasteiger charge is -1.79. The van der Waals surface area contributed by atoms with Crippen molar-refractivity contribution in [2.75, 3.05) is 7.18 Å². The van der Waals surface area contributed by atoms with Crippen molar-refractivity contribution in [3.63, 3.8) is 0 Å². The first kappa shape index (κ1) is 10.0. The average molecular weight is 106 g/mol. The van der Waals surface area contributed by atoms with E-state index in [0.717, 1.165) is 0 Å². The Morgan fingerprint density at radius 2 is 1.29 bits per heavy atom. The molecule has 0 fully saturated rings. The lowest BCUT2D eigenvalue weighted by Crippen LogP contribution is -1.59. The van der Waals surface area contributed by atoms with E-state index in [0.29, 0.717) is 7.18 Å². The minimum atomic E-state index is 0.500. The average Bonchev–Trinajstić information content (AvgIpc) is 1.75. The SMILES string of the molecule is CCCCC.CF. The van der Waals surface area contributed by atoms with Gasteiger partial charge in [-0.1, -0.05) is 33.1 Å². The van der Waals surface area contributed by atoms with Crippen LogP contribution in [0.15, 0.2) is 0 Å². The maximum Gasteiger partial charge on any atom is 0.0785 e. The molecule has 0 nitrogen and oxygen atoms in total. The molecule has 0 bridgehead atoms. The van der Waals surface area contributed by atoms with Gasteiger partial charge in [-0.05, 0) is 0 Å². The predicted molar refractivity (Wildman–Crippen MR) is 32.2 cm³/mol. The number of hydrogen-bond donors (Lipinski definition) is 0. The van der Waals surface area contributed by atoms with Crippen LogP contribution in [0.1, 0.15) is 33.1 Å². The fourth-order valence-electron chi connectivity index (χ4n) is 0.354. The van der Waals surface area contributed by atoms with Crippen molar-refractivity contribution in [2.24, 2.45) is 0 Å².